The SMILES string of the molecule is C[C@@H]1CC[C@]2(C(=O)O)CC[C@]3(C)C(=CC(=O)C4[C@@]5(C)CC[C@H](O)C(C)(C)C5CC[C@]43C)C2[C@H]1C. The highest BCUT2D eigenvalue weighted by molar-refractivity contribution is 5.96. The number of allylic oxidation sites excluding steroid dienone is 2. The monoisotopic (exact) mass is 470 g/mol. The lowest BCUT2D eigenvalue weighted by molar-refractivity contribution is -0.205. The molecule has 0 bridgehead atoms. The van der Waals surface area contributed by atoms with E-state index in [2.05, 4.69) is 48.5 Å². The molecule has 4 nitrogen and oxygen atoms in total. The number of carbonyl (C=O) groups is 2. The Kier molecular flexibility index (Phi) is 5.20. The highest BCUT2D eigenvalue weighted by atomic mass is 16.4. The maximum absolute atomic E-state index is 14.2. The van der Waals surface area contributed by atoms with Gasteiger partial charge in [0.05, 0.1) is 11.5 Å². The van der Waals surface area contributed by atoms with Gasteiger partial charge in [0.15, 0.2) is 5.78 Å². The number of hydrogen-bond acceptors (Lipinski definition) is 3. The van der Waals surface area contributed by atoms with E-state index in [1.165, 1.54) is 5.57 Å². The summed E-state index contributed by atoms with van der Waals surface area (Å²) in [6, 6.07) is 0. The van der Waals surface area contributed by atoms with Crippen molar-refractivity contribution in [2.75, 3.05) is 0 Å². The topological polar surface area (TPSA) is 74.6 Å². The van der Waals surface area contributed by atoms with Gasteiger partial charge < -0.3 is 10.2 Å². The summed E-state index contributed by atoms with van der Waals surface area (Å²) in [6.45, 7) is 16.0. The second-order valence-electron chi connectivity index (χ2n) is 14.5. The molecule has 0 amide bonds. The average molecular weight is 471 g/mol. The molecule has 10 atom stereocenters. The van der Waals surface area contributed by atoms with Crippen LogP contribution in [0.1, 0.15) is 99.8 Å². The van der Waals surface area contributed by atoms with Crippen molar-refractivity contribution in [2.45, 2.75) is 106 Å². The number of fused-ring (bicyclic) bond motifs is 7. The molecule has 0 aliphatic heterocycles. The van der Waals surface area contributed by atoms with E-state index < -0.39 is 11.4 Å². The number of aliphatic carboxylic acids is 1. The molecule has 2 N–H and O–H groups in total. The first-order chi connectivity index (χ1) is 15.7. The van der Waals surface area contributed by atoms with E-state index in [1.54, 1.807) is 0 Å². The molecular weight excluding hydrogens is 424 g/mol. The summed E-state index contributed by atoms with van der Waals surface area (Å²) < 4.78 is 0. The van der Waals surface area contributed by atoms with Crippen LogP contribution in [0.3, 0.4) is 0 Å². The zero-order valence-corrected chi connectivity index (χ0v) is 22.4. The summed E-state index contributed by atoms with van der Waals surface area (Å²) in [5.41, 5.74) is -0.222. The molecule has 3 unspecified atom stereocenters. The molecule has 34 heavy (non-hydrogen) atoms. The van der Waals surface area contributed by atoms with Crippen LogP contribution >= 0.6 is 0 Å². The van der Waals surface area contributed by atoms with Gasteiger partial charge in [-0.2, -0.15) is 0 Å². The lowest BCUT2D eigenvalue weighted by Crippen LogP contribution is -2.67. The molecule has 4 saturated carbocycles. The fourth-order valence-electron chi connectivity index (χ4n) is 10.7. The molecule has 4 fully saturated rings. The zero-order valence-electron chi connectivity index (χ0n) is 22.4. The van der Waals surface area contributed by atoms with Crippen molar-refractivity contribution in [2.24, 2.45) is 56.7 Å². The highest BCUT2D eigenvalue weighted by Gasteiger charge is 2.71. The van der Waals surface area contributed by atoms with E-state index in [0.717, 1.165) is 51.4 Å². The summed E-state index contributed by atoms with van der Waals surface area (Å²) in [7, 11) is 0. The van der Waals surface area contributed by atoms with Crippen LogP contribution in [-0.4, -0.2) is 28.1 Å². The summed E-state index contributed by atoms with van der Waals surface area (Å²) in [4.78, 5) is 27.0. The number of carboxylic acid groups (broad SMARTS) is 1. The number of aliphatic hydroxyl groups is 1. The molecule has 0 aromatic heterocycles. The second-order valence-corrected chi connectivity index (χ2v) is 14.5. The first kappa shape index (κ1) is 24.5. The largest absolute Gasteiger partial charge is 0.481 e. The quantitative estimate of drug-likeness (QED) is 0.474. The smallest absolute Gasteiger partial charge is 0.310 e. The van der Waals surface area contributed by atoms with Crippen molar-refractivity contribution in [3.63, 3.8) is 0 Å². The summed E-state index contributed by atoms with van der Waals surface area (Å²) in [5, 5.41) is 21.4. The van der Waals surface area contributed by atoms with Crippen LogP contribution in [0.2, 0.25) is 0 Å². The van der Waals surface area contributed by atoms with Crippen molar-refractivity contribution in [1.29, 1.82) is 0 Å². The zero-order chi connectivity index (χ0) is 25.1. The van der Waals surface area contributed by atoms with Crippen molar-refractivity contribution in [3.05, 3.63) is 11.6 Å². The lowest BCUT2D eigenvalue weighted by atomic mass is 9.33. The predicted octanol–water partition coefficient (Wildman–Crippen LogP) is 6.27. The summed E-state index contributed by atoms with van der Waals surface area (Å²) in [6.07, 6.45) is 8.57. The van der Waals surface area contributed by atoms with Gasteiger partial charge in [-0.05, 0) is 103 Å². The maximum atomic E-state index is 14.2. The third kappa shape index (κ3) is 2.70. The fraction of sp³-hybridized carbons (Fsp3) is 0.867. The van der Waals surface area contributed by atoms with Crippen LogP contribution in [0.4, 0.5) is 0 Å². The van der Waals surface area contributed by atoms with Crippen LogP contribution < -0.4 is 0 Å². The Morgan fingerprint density at radius 1 is 0.941 bits per heavy atom. The van der Waals surface area contributed by atoms with Gasteiger partial charge in [-0.15, -0.1) is 0 Å². The molecule has 5 aliphatic rings. The van der Waals surface area contributed by atoms with Gasteiger partial charge in [0, 0.05) is 5.92 Å². The van der Waals surface area contributed by atoms with E-state index >= 15 is 0 Å². The van der Waals surface area contributed by atoms with Crippen LogP contribution in [0.25, 0.3) is 0 Å². The minimum atomic E-state index is -0.723. The number of aliphatic hydroxyl groups excluding tert-OH is 1. The van der Waals surface area contributed by atoms with Crippen LogP contribution in [0.5, 0.6) is 0 Å². The van der Waals surface area contributed by atoms with E-state index in [1.807, 2.05) is 6.08 Å². The summed E-state index contributed by atoms with van der Waals surface area (Å²) >= 11 is 0. The van der Waals surface area contributed by atoms with Crippen molar-refractivity contribution in [3.8, 4) is 0 Å². The Morgan fingerprint density at radius 2 is 1.62 bits per heavy atom. The van der Waals surface area contributed by atoms with Crippen molar-refractivity contribution in [1.82, 2.24) is 0 Å². The molecule has 5 aliphatic carbocycles. The van der Waals surface area contributed by atoms with Gasteiger partial charge in [0.1, 0.15) is 0 Å². The lowest BCUT2D eigenvalue weighted by Gasteiger charge is -2.70. The number of ketones is 1. The molecule has 0 spiro atoms. The third-order valence-corrected chi connectivity index (χ3v) is 13.1. The maximum Gasteiger partial charge on any atom is 0.310 e. The number of carbonyl (C=O) groups excluding carboxylic acids is 1. The molecule has 5 rings (SSSR count). The molecule has 0 radical (unpaired) electrons. The Hall–Kier alpha value is -1.16. The van der Waals surface area contributed by atoms with E-state index in [-0.39, 0.29) is 51.3 Å². The van der Waals surface area contributed by atoms with E-state index in [0.29, 0.717) is 11.8 Å². The fourth-order valence-corrected chi connectivity index (χ4v) is 10.7. The van der Waals surface area contributed by atoms with Gasteiger partial charge in [-0.3, -0.25) is 9.59 Å². The van der Waals surface area contributed by atoms with Gasteiger partial charge in [-0.25, -0.2) is 0 Å². The van der Waals surface area contributed by atoms with Gasteiger partial charge in [-0.1, -0.05) is 54.0 Å². The second kappa shape index (κ2) is 7.20. The molecule has 190 valence electrons. The Bertz CT molecular complexity index is 949. The summed E-state index contributed by atoms with van der Waals surface area (Å²) in [5.74, 6) is 0.519. The van der Waals surface area contributed by atoms with Crippen molar-refractivity contribution < 1.29 is 19.8 Å². The first-order valence-corrected chi connectivity index (χ1v) is 13.8. The minimum Gasteiger partial charge on any atom is -0.481 e. The highest BCUT2D eigenvalue weighted by Crippen LogP contribution is 2.75. The molecular formula is C30H46O4. The van der Waals surface area contributed by atoms with Gasteiger partial charge in [0.2, 0.25) is 0 Å². The molecule has 0 heterocycles. The van der Waals surface area contributed by atoms with Gasteiger partial charge in [0.25, 0.3) is 0 Å². The van der Waals surface area contributed by atoms with Crippen LogP contribution in [-0.2, 0) is 9.59 Å². The standard InChI is InChI=1S/C30H46O4/c1-17-8-13-30(25(33)34)15-14-28(6)19(23(30)18(17)2)16-20(31)24-27(5)11-10-22(32)26(3,4)21(27)9-12-29(24,28)7/h16-18,21-24,32H,8-15H2,1-7H3,(H,33,34)/t17-,18+,21?,22+,23?,24?,27+,28-,29-,30+/m1/s1. The molecule has 0 aromatic rings. The number of hydrogen-bond donors (Lipinski definition) is 2. The number of carboxylic acids is 1. The van der Waals surface area contributed by atoms with E-state index in [9.17, 15) is 19.8 Å². The average Bonchev–Trinajstić information content (AvgIpc) is 2.74. The van der Waals surface area contributed by atoms with E-state index in [4.69, 9.17) is 0 Å². The molecule has 0 saturated heterocycles. The Labute approximate surface area is 206 Å². The minimum absolute atomic E-state index is 0.0515. The molecule has 0 aromatic carbocycles. The van der Waals surface area contributed by atoms with Crippen molar-refractivity contribution >= 4 is 11.8 Å². The van der Waals surface area contributed by atoms with Crippen LogP contribution in [0.15, 0.2) is 11.6 Å². The van der Waals surface area contributed by atoms with Gasteiger partial charge >= 0.3 is 5.97 Å². The third-order valence-electron chi connectivity index (χ3n) is 13.1. The Morgan fingerprint density at radius 3 is 2.26 bits per heavy atom. The number of rotatable bonds is 1. The van der Waals surface area contributed by atoms with Crippen LogP contribution in [0, 0.1) is 56.7 Å². The normalized spacial score (nSPS) is 54.1. The molecule has 4 heteroatoms. The first-order valence-electron chi connectivity index (χ1n) is 13.8. The predicted molar refractivity (Wildman–Crippen MR) is 133 cm³/mol. The Balaban J connectivity index is 1.67.